The Morgan fingerprint density at radius 1 is 1.65 bits per heavy atom. The first-order valence-corrected chi connectivity index (χ1v) is 5.92. The molecule has 100 valence electrons. The zero-order valence-corrected chi connectivity index (χ0v) is 11.1. The van der Waals surface area contributed by atoms with E-state index in [4.69, 9.17) is 14.2 Å². The summed E-state index contributed by atoms with van der Waals surface area (Å²) in [4.78, 5) is 11.7. The molecular weight excluding hydrogens is 224 g/mol. The lowest BCUT2D eigenvalue weighted by Crippen LogP contribution is -2.48. The minimum absolute atomic E-state index is 0.245. The minimum atomic E-state index is -1.57. The fourth-order valence-electron chi connectivity index (χ4n) is 1.79. The van der Waals surface area contributed by atoms with Gasteiger partial charge in [-0.25, -0.2) is 4.79 Å². The number of carbonyl (C=O) groups is 1. The van der Waals surface area contributed by atoms with Crippen molar-refractivity contribution in [1.29, 1.82) is 0 Å². The van der Waals surface area contributed by atoms with Crippen LogP contribution in [0.25, 0.3) is 0 Å². The summed E-state index contributed by atoms with van der Waals surface area (Å²) in [6.07, 6.45) is -0.315. The van der Waals surface area contributed by atoms with Gasteiger partial charge in [-0.15, -0.1) is 0 Å². The van der Waals surface area contributed by atoms with Crippen molar-refractivity contribution in [2.45, 2.75) is 52.1 Å². The summed E-state index contributed by atoms with van der Waals surface area (Å²) in [5.41, 5.74) is -1.57. The van der Waals surface area contributed by atoms with Gasteiger partial charge in [-0.05, 0) is 27.7 Å². The summed E-state index contributed by atoms with van der Waals surface area (Å²) >= 11 is 0. The molecule has 1 unspecified atom stereocenters. The van der Waals surface area contributed by atoms with Gasteiger partial charge in [0.25, 0.3) is 0 Å². The highest BCUT2D eigenvalue weighted by atomic mass is 16.7. The molecule has 1 heterocycles. The lowest BCUT2D eigenvalue weighted by molar-refractivity contribution is -0.181. The number of hydrogen-bond donors (Lipinski definition) is 1. The van der Waals surface area contributed by atoms with Crippen LogP contribution < -0.4 is 0 Å². The Labute approximate surface area is 102 Å². The highest BCUT2D eigenvalue weighted by Crippen LogP contribution is 2.32. The third kappa shape index (κ3) is 3.18. The molecule has 1 aliphatic heterocycles. The van der Waals surface area contributed by atoms with Crippen molar-refractivity contribution in [3.63, 3.8) is 0 Å². The van der Waals surface area contributed by atoms with Crippen molar-refractivity contribution >= 4 is 5.97 Å². The highest BCUT2D eigenvalue weighted by Gasteiger charge is 2.47. The van der Waals surface area contributed by atoms with E-state index in [9.17, 15) is 9.90 Å². The Morgan fingerprint density at radius 2 is 2.24 bits per heavy atom. The molecule has 0 aromatic heterocycles. The average Bonchev–Trinajstić information content (AvgIpc) is 2.58. The zero-order chi connectivity index (χ0) is 13.3. The fourth-order valence-corrected chi connectivity index (χ4v) is 1.79. The number of ether oxygens (including phenoxy) is 3. The van der Waals surface area contributed by atoms with Crippen LogP contribution in [0.1, 0.15) is 34.6 Å². The van der Waals surface area contributed by atoms with Crippen molar-refractivity contribution in [2.75, 3.05) is 13.2 Å². The summed E-state index contributed by atoms with van der Waals surface area (Å²) < 4.78 is 15.9. The van der Waals surface area contributed by atoms with Gasteiger partial charge in [0.15, 0.2) is 11.4 Å². The Balaban J connectivity index is 2.69. The van der Waals surface area contributed by atoms with Gasteiger partial charge < -0.3 is 19.3 Å². The van der Waals surface area contributed by atoms with E-state index in [2.05, 4.69) is 0 Å². The Hall–Kier alpha value is -0.650. The second-order valence-corrected chi connectivity index (χ2v) is 5.02. The second kappa shape index (κ2) is 4.92. The van der Waals surface area contributed by atoms with Gasteiger partial charge in [0.2, 0.25) is 0 Å². The molecule has 0 bridgehead atoms. The van der Waals surface area contributed by atoms with Crippen molar-refractivity contribution in [1.82, 2.24) is 0 Å². The Bertz CT molecular complexity index is 285. The summed E-state index contributed by atoms with van der Waals surface area (Å²) in [5, 5.41) is 10.2. The van der Waals surface area contributed by atoms with E-state index >= 15 is 0 Å². The van der Waals surface area contributed by atoms with E-state index in [-0.39, 0.29) is 12.7 Å². The molecule has 1 fully saturated rings. The van der Waals surface area contributed by atoms with Crippen molar-refractivity contribution in [3.8, 4) is 0 Å². The molecule has 0 aromatic rings. The molecule has 0 aromatic carbocycles. The summed E-state index contributed by atoms with van der Waals surface area (Å²) in [6, 6.07) is 0. The lowest BCUT2D eigenvalue weighted by Gasteiger charge is -2.31. The smallest absolute Gasteiger partial charge is 0.338 e. The summed E-state index contributed by atoms with van der Waals surface area (Å²) in [6.45, 7) is 9.13. The fraction of sp³-hybridized carbons (Fsp3) is 0.917. The first-order valence-electron chi connectivity index (χ1n) is 5.92. The van der Waals surface area contributed by atoms with Crippen molar-refractivity contribution in [3.05, 3.63) is 0 Å². The Kier molecular flexibility index (Phi) is 4.17. The van der Waals surface area contributed by atoms with Gasteiger partial charge in [0.1, 0.15) is 0 Å². The molecule has 1 aliphatic rings. The third-order valence-electron chi connectivity index (χ3n) is 3.16. The molecule has 0 saturated carbocycles. The predicted molar refractivity (Wildman–Crippen MR) is 61.3 cm³/mol. The number of aliphatic hydroxyl groups is 1. The van der Waals surface area contributed by atoms with Crippen LogP contribution in [0.2, 0.25) is 0 Å². The van der Waals surface area contributed by atoms with E-state index in [1.807, 2.05) is 0 Å². The zero-order valence-electron chi connectivity index (χ0n) is 11.1. The average molecular weight is 246 g/mol. The number of esters is 1. The molecule has 0 amide bonds. The van der Waals surface area contributed by atoms with Gasteiger partial charge in [0, 0.05) is 5.92 Å². The maximum atomic E-state index is 11.7. The van der Waals surface area contributed by atoms with Crippen molar-refractivity contribution < 1.29 is 24.1 Å². The van der Waals surface area contributed by atoms with Crippen LogP contribution in [0.4, 0.5) is 0 Å². The van der Waals surface area contributed by atoms with Gasteiger partial charge in [0.05, 0.1) is 19.3 Å². The van der Waals surface area contributed by atoms with Crippen LogP contribution >= 0.6 is 0 Å². The van der Waals surface area contributed by atoms with Gasteiger partial charge in [-0.2, -0.15) is 0 Å². The predicted octanol–water partition coefficient (Wildman–Crippen LogP) is 1.09. The van der Waals surface area contributed by atoms with E-state index < -0.39 is 23.3 Å². The van der Waals surface area contributed by atoms with Crippen LogP contribution in [-0.4, -0.2) is 41.8 Å². The molecule has 0 radical (unpaired) electrons. The molecule has 0 aliphatic carbocycles. The molecule has 3 atom stereocenters. The van der Waals surface area contributed by atoms with E-state index in [1.165, 1.54) is 6.92 Å². The molecule has 1 N–H and O–H groups in total. The quantitative estimate of drug-likeness (QED) is 0.752. The normalized spacial score (nSPS) is 28.5. The third-order valence-corrected chi connectivity index (χ3v) is 3.16. The molecule has 0 spiro atoms. The monoisotopic (exact) mass is 246 g/mol. The summed E-state index contributed by atoms with van der Waals surface area (Å²) in [5.74, 6) is -1.69. The standard InChI is InChI=1S/C12H22O5/c1-6-15-10(13)12(5,14)8(2)9-7-16-11(3,4)17-9/h8-9,14H,6-7H2,1-5H3/t8-,9?,12+/m1/s1. The maximum Gasteiger partial charge on any atom is 0.338 e. The molecule has 1 rings (SSSR count). The first-order chi connectivity index (χ1) is 7.70. The maximum absolute atomic E-state index is 11.7. The molecule has 5 nitrogen and oxygen atoms in total. The van der Waals surface area contributed by atoms with E-state index in [0.29, 0.717) is 6.61 Å². The number of hydrogen-bond acceptors (Lipinski definition) is 5. The second-order valence-electron chi connectivity index (χ2n) is 5.02. The van der Waals surface area contributed by atoms with Gasteiger partial charge >= 0.3 is 5.97 Å². The SMILES string of the molecule is CCOC(=O)[C@@](C)(O)[C@H](C)C1COC(C)(C)O1. The molecular formula is C12H22O5. The largest absolute Gasteiger partial charge is 0.464 e. The van der Waals surface area contributed by atoms with Crippen LogP contribution in [0.5, 0.6) is 0 Å². The van der Waals surface area contributed by atoms with Crippen LogP contribution in [-0.2, 0) is 19.0 Å². The van der Waals surface area contributed by atoms with Gasteiger partial charge in [-0.1, -0.05) is 6.92 Å². The lowest BCUT2D eigenvalue weighted by atomic mass is 9.86. The Morgan fingerprint density at radius 3 is 2.65 bits per heavy atom. The van der Waals surface area contributed by atoms with Gasteiger partial charge in [-0.3, -0.25) is 0 Å². The van der Waals surface area contributed by atoms with Crippen LogP contribution in [0, 0.1) is 5.92 Å². The number of rotatable bonds is 4. The highest BCUT2D eigenvalue weighted by molar-refractivity contribution is 5.79. The van der Waals surface area contributed by atoms with Crippen LogP contribution in [0.15, 0.2) is 0 Å². The molecule has 17 heavy (non-hydrogen) atoms. The summed E-state index contributed by atoms with van der Waals surface area (Å²) in [7, 11) is 0. The number of carbonyl (C=O) groups excluding carboxylic acids is 1. The molecule has 5 heteroatoms. The van der Waals surface area contributed by atoms with E-state index in [0.717, 1.165) is 0 Å². The molecule has 1 saturated heterocycles. The first kappa shape index (κ1) is 14.4. The topological polar surface area (TPSA) is 65.0 Å². The minimum Gasteiger partial charge on any atom is -0.464 e. The van der Waals surface area contributed by atoms with Crippen molar-refractivity contribution in [2.24, 2.45) is 5.92 Å². The van der Waals surface area contributed by atoms with E-state index in [1.54, 1.807) is 27.7 Å². The van der Waals surface area contributed by atoms with Crippen LogP contribution in [0.3, 0.4) is 0 Å².